The Morgan fingerprint density at radius 3 is 2.67 bits per heavy atom. The van der Waals surface area contributed by atoms with E-state index in [2.05, 4.69) is 20.9 Å². The largest absolute Gasteiger partial charge is 0.324 e. The van der Waals surface area contributed by atoms with Gasteiger partial charge in [0.1, 0.15) is 6.54 Å². The quantitative estimate of drug-likeness (QED) is 0.847. The van der Waals surface area contributed by atoms with Crippen molar-refractivity contribution in [3.8, 4) is 0 Å². The van der Waals surface area contributed by atoms with Crippen LogP contribution in [0.25, 0.3) is 0 Å². The second-order valence-electron chi connectivity index (χ2n) is 5.00. The molecular weight excluding hydrogens is 266 g/mol. The summed E-state index contributed by atoms with van der Waals surface area (Å²) in [7, 11) is 0. The number of hydrogen-bond acceptors (Lipinski definition) is 4. The topological polar surface area (TPSA) is 71.8 Å². The lowest BCUT2D eigenvalue weighted by molar-refractivity contribution is -0.116. The number of aromatic nitrogens is 3. The van der Waals surface area contributed by atoms with Gasteiger partial charge in [0.05, 0.1) is 11.9 Å². The molecule has 21 heavy (non-hydrogen) atoms. The Labute approximate surface area is 124 Å². The summed E-state index contributed by atoms with van der Waals surface area (Å²) in [6.07, 6.45) is 1.78. The van der Waals surface area contributed by atoms with Crippen molar-refractivity contribution in [1.82, 2.24) is 20.3 Å². The van der Waals surface area contributed by atoms with Crippen molar-refractivity contribution >= 4 is 11.6 Å². The van der Waals surface area contributed by atoms with Crippen molar-refractivity contribution in [2.75, 3.05) is 11.9 Å². The Balaban J connectivity index is 1.97. The van der Waals surface area contributed by atoms with E-state index in [9.17, 15) is 4.79 Å². The van der Waals surface area contributed by atoms with Crippen LogP contribution in [0.1, 0.15) is 23.7 Å². The summed E-state index contributed by atoms with van der Waals surface area (Å²) in [6.45, 7) is 7.68. The third-order valence-corrected chi connectivity index (χ3v) is 3.19. The Kier molecular flexibility index (Phi) is 5.05. The molecule has 1 aromatic carbocycles. The maximum atomic E-state index is 12.1. The molecule has 0 radical (unpaired) electrons. The van der Waals surface area contributed by atoms with Crippen molar-refractivity contribution in [1.29, 1.82) is 0 Å². The van der Waals surface area contributed by atoms with E-state index in [1.165, 1.54) is 0 Å². The van der Waals surface area contributed by atoms with Gasteiger partial charge in [-0.25, -0.2) is 4.68 Å². The van der Waals surface area contributed by atoms with E-state index >= 15 is 0 Å². The number of nitrogens with one attached hydrogen (secondary N) is 2. The van der Waals surface area contributed by atoms with Crippen LogP contribution < -0.4 is 10.6 Å². The molecule has 6 heteroatoms. The molecule has 6 nitrogen and oxygen atoms in total. The van der Waals surface area contributed by atoms with Crippen LogP contribution in [0.4, 0.5) is 5.69 Å². The molecule has 0 saturated carbocycles. The molecule has 2 aromatic rings. The smallest absolute Gasteiger partial charge is 0.246 e. The van der Waals surface area contributed by atoms with Crippen LogP contribution in [-0.2, 0) is 17.9 Å². The van der Waals surface area contributed by atoms with Crippen molar-refractivity contribution in [2.24, 2.45) is 0 Å². The van der Waals surface area contributed by atoms with Crippen LogP contribution in [0.5, 0.6) is 0 Å². The number of aryl methyl sites for hydroxylation is 2. The first-order valence-corrected chi connectivity index (χ1v) is 7.06. The molecule has 0 unspecified atom stereocenters. The molecule has 0 atom stereocenters. The zero-order valence-corrected chi connectivity index (χ0v) is 12.7. The maximum Gasteiger partial charge on any atom is 0.246 e. The fraction of sp³-hybridized carbons (Fsp3) is 0.400. The number of anilines is 1. The molecule has 0 aliphatic carbocycles. The summed E-state index contributed by atoms with van der Waals surface area (Å²) in [5.41, 5.74) is 3.80. The number of amides is 1. The average Bonchev–Trinajstić information content (AvgIpc) is 2.88. The molecule has 2 N–H and O–H groups in total. The minimum Gasteiger partial charge on any atom is -0.324 e. The van der Waals surface area contributed by atoms with Crippen LogP contribution in [0, 0.1) is 13.8 Å². The van der Waals surface area contributed by atoms with E-state index in [1.807, 2.05) is 39.0 Å². The fourth-order valence-electron chi connectivity index (χ4n) is 2.09. The predicted octanol–water partition coefficient (Wildman–Crippen LogP) is 1.64. The molecule has 0 fully saturated rings. The summed E-state index contributed by atoms with van der Waals surface area (Å²) in [5.74, 6) is -0.104. The van der Waals surface area contributed by atoms with Gasteiger partial charge >= 0.3 is 0 Å². The van der Waals surface area contributed by atoms with Gasteiger partial charge in [0.15, 0.2) is 0 Å². The lowest BCUT2D eigenvalue weighted by atomic mass is 10.1. The summed E-state index contributed by atoms with van der Waals surface area (Å²) in [6, 6.07) is 5.93. The molecule has 1 heterocycles. The summed E-state index contributed by atoms with van der Waals surface area (Å²) < 4.78 is 1.55. The summed E-state index contributed by atoms with van der Waals surface area (Å²) in [5, 5.41) is 14.1. The molecule has 0 saturated heterocycles. The Morgan fingerprint density at radius 1 is 1.29 bits per heavy atom. The zero-order chi connectivity index (χ0) is 15.2. The molecule has 1 amide bonds. The van der Waals surface area contributed by atoms with Crippen molar-refractivity contribution < 1.29 is 4.79 Å². The molecule has 0 bridgehead atoms. The number of nitrogens with zero attached hydrogens (tertiary/aromatic N) is 3. The number of carbonyl (C=O) groups is 1. The van der Waals surface area contributed by atoms with Crippen LogP contribution in [0.2, 0.25) is 0 Å². The highest BCUT2D eigenvalue weighted by Gasteiger charge is 2.09. The first kappa shape index (κ1) is 15.2. The minimum atomic E-state index is -0.104. The third-order valence-electron chi connectivity index (χ3n) is 3.19. The lowest BCUT2D eigenvalue weighted by Gasteiger charge is -2.11. The first-order valence-electron chi connectivity index (χ1n) is 7.06. The predicted molar refractivity (Wildman–Crippen MR) is 81.9 cm³/mol. The minimum absolute atomic E-state index is 0.104. The molecular formula is C15H21N5O. The van der Waals surface area contributed by atoms with Gasteiger partial charge in [0, 0.05) is 12.2 Å². The van der Waals surface area contributed by atoms with Gasteiger partial charge in [0.2, 0.25) is 5.91 Å². The molecule has 112 valence electrons. The van der Waals surface area contributed by atoms with Crippen LogP contribution in [-0.4, -0.2) is 27.4 Å². The number of para-hydroxylation sites is 1. The molecule has 0 spiro atoms. The van der Waals surface area contributed by atoms with E-state index in [-0.39, 0.29) is 12.5 Å². The molecule has 1 aromatic heterocycles. The highest BCUT2D eigenvalue weighted by molar-refractivity contribution is 5.92. The van der Waals surface area contributed by atoms with E-state index in [0.29, 0.717) is 6.54 Å². The fourth-order valence-corrected chi connectivity index (χ4v) is 2.09. The van der Waals surface area contributed by atoms with E-state index in [4.69, 9.17) is 0 Å². The van der Waals surface area contributed by atoms with Crippen molar-refractivity contribution in [2.45, 2.75) is 33.9 Å². The van der Waals surface area contributed by atoms with E-state index in [1.54, 1.807) is 10.9 Å². The molecule has 0 aliphatic heterocycles. The van der Waals surface area contributed by atoms with Crippen molar-refractivity contribution in [3.05, 3.63) is 41.2 Å². The number of hydrogen-bond donors (Lipinski definition) is 2. The average molecular weight is 287 g/mol. The van der Waals surface area contributed by atoms with Gasteiger partial charge < -0.3 is 10.6 Å². The SMILES string of the molecule is CCNCc1cn(CC(=O)Nc2c(C)cccc2C)nn1. The van der Waals surface area contributed by atoms with Gasteiger partial charge in [-0.2, -0.15) is 0 Å². The Bertz CT molecular complexity index is 600. The van der Waals surface area contributed by atoms with Crippen molar-refractivity contribution in [3.63, 3.8) is 0 Å². The number of carbonyl (C=O) groups excluding carboxylic acids is 1. The first-order chi connectivity index (χ1) is 10.1. The number of rotatable bonds is 6. The van der Waals surface area contributed by atoms with Crippen LogP contribution in [0.15, 0.2) is 24.4 Å². The summed E-state index contributed by atoms with van der Waals surface area (Å²) in [4.78, 5) is 12.1. The highest BCUT2D eigenvalue weighted by Crippen LogP contribution is 2.19. The number of benzene rings is 1. The van der Waals surface area contributed by atoms with Crippen LogP contribution in [0.3, 0.4) is 0 Å². The van der Waals surface area contributed by atoms with E-state index in [0.717, 1.165) is 29.1 Å². The second-order valence-corrected chi connectivity index (χ2v) is 5.00. The standard InChI is InChI=1S/C15H21N5O/c1-4-16-8-13-9-20(19-18-13)10-14(21)17-15-11(2)6-5-7-12(15)3/h5-7,9,16H,4,8,10H2,1-3H3,(H,17,21). The third kappa shape index (κ3) is 4.13. The maximum absolute atomic E-state index is 12.1. The summed E-state index contributed by atoms with van der Waals surface area (Å²) >= 11 is 0. The lowest BCUT2D eigenvalue weighted by Crippen LogP contribution is -2.20. The second kappa shape index (κ2) is 6.99. The molecule has 2 rings (SSSR count). The monoisotopic (exact) mass is 287 g/mol. The van der Waals surface area contributed by atoms with Gasteiger partial charge in [-0.1, -0.05) is 30.3 Å². The molecule has 0 aliphatic rings. The Morgan fingerprint density at radius 2 is 2.00 bits per heavy atom. The zero-order valence-electron chi connectivity index (χ0n) is 12.7. The van der Waals surface area contributed by atoms with Gasteiger partial charge in [-0.3, -0.25) is 4.79 Å². The van der Waals surface area contributed by atoms with Gasteiger partial charge in [0.25, 0.3) is 0 Å². The van der Waals surface area contributed by atoms with E-state index < -0.39 is 0 Å². The normalized spacial score (nSPS) is 10.6. The van der Waals surface area contributed by atoms with Gasteiger partial charge in [-0.05, 0) is 31.5 Å². The van der Waals surface area contributed by atoms with Crippen LogP contribution >= 0.6 is 0 Å². The Hall–Kier alpha value is -2.21. The van der Waals surface area contributed by atoms with Gasteiger partial charge in [-0.15, -0.1) is 5.10 Å². The highest BCUT2D eigenvalue weighted by atomic mass is 16.2.